The van der Waals surface area contributed by atoms with Gasteiger partial charge in [-0.2, -0.15) is 0 Å². The molecule has 0 atom stereocenters. The van der Waals surface area contributed by atoms with E-state index in [0.717, 1.165) is 5.56 Å². The van der Waals surface area contributed by atoms with Gasteiger partial charge >= 0.3 is 5.97 Å². The van der Waals surface area contributed by atoms with Gasteiger partial charge in [0, 0.05) is 32.6 Å². The Balaban J connectivity index is 1.88. The number of carbonyl (C=O) groups excluding carboxylic acids is 2. The topological polar surface area (TPSA) is 55.4 Å². The standard InChI is InChI=1S/C22H17Cl2NO3S/c1-2-28-22(27)20-16(14-7-4-3-5-8-14)13-29-21(20)25-19(26)12-11-15-17(23)9-6-10-18(15)24/h3-13H,2H2,1H3,(H,25,26). The van der Waals surface area contributed by atoms with Crippen molar-refractivity contribution in [1.29, 1.82) is 0 Å². The molecule has 0 saturated carbocycles. The van der Waals surface area contributed by atoms with E-state index >= 15 is 0 Å². The lowest BCUT2D eigenvalue weighted by Crippen LogP contribution is -2.12. The van der Waals surface area contributed by atoms with E-state index in [2.05, 4.69) is 5.32 Å². The minimum absolute atomic E-state index is 0.237. The molecule has 1 aromatic heterocycles. The lowest BCUT2D eigenvalue weighted by Gasteiger charge is -2.08. The van der Waals surface area contributed by atoms with Crippen LogP contribution in [-0.2, 0) is 9.53 Å². The van der Waals surface area contributed by atoms with Gasteiger partial charge in [-0.3, -0.25) is 4.79 Å². The molecule has 2 aromatic carbocycles. The Morgan fingerprint density at radius 2 is 1.76 bits per heavy atom. The van der Waals surface area contributed by atoms with Gasteiger partial charge in [0.2, 0.25) is 5.91 Å². The molecule has 148 valence electrons. The molecule has 0 bridgehead atoms. The molecule has 4 nitrogen and oxygen atoms in total. The van der Waals surface area contributed by atoms with Crippen molar-refractivity contribution in [3.05, 3.63) is 81.2 Å². The zero-order valence-electron chi connectivity index (χ0n) is 15.4. The van der Waals surface area contributed by atoms with Crippen LogP contribution >= 0.6 is 34.5 Å². The SMILES string of the molecule is CCOC(=O)c1c(-c2ccccc2)csc1NC(=O)C=Cc1c(Cl)cccc1Cl. The molecular weight excluding hydrogens is 429 g/mol. The molecule has 1 N–H and O–H groups in total. The minimum Gasteiger partial charge on any atom is -0.462 e. The van der Waals surface area contributed by atoms with Crippen LogP contribution < -0.4 is 5.32 Å². The largest absolute Gasteiger partial charge is 0.462 e. The van der Waals surface area contributed by atoms with E-state index in [1.54, 1.807) is 25.1 Å². The Morgan fingerprint density at radius 3 is 2.41 bits per heavy atom. The maximum absolute atomic E-state index is 12.6. The first-order chi connectivity index (χ1) is 14.0. The van der Waals surface area contributed by atoms with Crippen molar-refractivity contribution < 1.29 is 14.3 Å². The molecule has 1 amide bonds. The molecule has 3 aromatic rings. The molecule has 0 aliphatic heterocycles. The molecule has 7 heteroatoms. The third-order valence-corrected chi connectivity index (χ3v) is 5.55. The second-order valence-electron chi connectivity index (χ2n) is 5.90. The number of ether oxygens (including phenoxy) is 1. The number of hydrogen-bond acceptors (Lipinski definition) is 4. The summed E-state index contributed by atoms with van der Waals surface area (Å²) in [4.78, 5) is 25.0. The second kappa shape index (κ2) is 9.74. The Labute approximate surface area is 182 Å². The molecule has 0 spiro atoms. The van der Waals surface area contributed by atoms with E-state index in [4.69, 9.17) is 27.9 Å². The monoisotopic (exact) mass is 445 g/mol. The van der Waals surface area contributed by atoms with Crippen molar-refractivity contribution in [3.8, 4) is 11.1 Å². The molecule has 0 aliphatic rings. The van der Waals surface area contributed by atoms with E-state index in [1.807, 2.05) is 35.7 Å². The second-order valence-corrected chi connectivity index (χ2v) is 7.59. The summed E-state index contributed by atoms with van der Waals surface area (Å²) in [5.74, 6) is -0.894. The molecule has 3 rings (SSSR count). The molecule has 0 saturated heterocycles. The highest BCUT2D eigenvalue weighted by molar-refractivity contribution is 7.15. The average molecular weight is 446 g/mol. The summed E-state index contributed by atoms with van der Waals surface area (Å²) in [7, 11) is 0. The summed E-state index contributed by atoms with van der Waals surface area (Å²) in [6, 6.07) is 14.6. The molecule has 0 aliphatic carbocycles. The average Bonchev–Trinajstić information content (AvgIpc) is 3.12. The number of thiophene rings is 1. The fourth-order valence-corrected chi connectivity index (χ4v) is 4.15. The van der Waals surface area contributed by atoms with Crippen LogP contribution in [0.3, 0.4) is 0 Å². The smallest absolute Gasteiger partial charge is 0.341 e. The Bertz CT molecular complexity index is 1040. The first-order valence-corrected chi connectivity index (χ1v) is 10.4. The third-order valence-electron chi connectivity index (χ3n) is 3.99. The van der Waals surface area contributed by atoms with E-state index in [-0.39, 0.29) is 6.61 Å². The fraction of sp³-hybridized carbons (Fsp3) is 0.0909. The van der Waals surface area contributed by atoms with Gasteiger partial charge in [0.25, 0.3) is 0 Å². The van der Waals surface area contributed by atoms with E-state index in [1.165, 1.54) is 23.5 Å². The van der Waals surface area contributed by atoms with Gasteiger partial charge in [0.05, 0.1) is 6.61 Å². The van der Waals surface area contributed by atoms with Gasteiger partial charge in [0.1, 0.15) is 10.6 Å². The zero-order valence-corrected chi connectivity index (χ0v) is 17.8. The summed E-state index contributed by atoms with van der Waals surface area (Å²) < 4.78 is 5.19. The van der Waals surface area contributed by atoms with Crippen LogP contribution in [0.2, 0.25) is 10.0 Å². The summed E-state index contributed by atoms with van der Waals surface area (Å²) in [5, 5.41) is 5.88. The van der Waals surface area contributed by atoms with Crippen LogP contribution in [0.25, 0.3) is 17.2 Å². The van der Waals surface area contributed by atoms with Crippen LogP contribution in [0.1, 0.15) is 22.8 Å². The summed E-state index contributed by atoms with van der Waals surface area (Å²) in [5.41, 5.74) is 2.46. The predicted molar refractivity (Wildman–Crippen MR) is 120 cm³/mol. The lowest BCUT2D eigenvalue weighted by molar-refractivity contribution is -0.111. The number of nitrogens with one attached hydrogen (secondary N) is 1. The quantitative estimate of drug-likeness (QED) is 0.345. The third kappa shape index (κ3) is 5.07. The summed E-state index contributed by atoms with van der Waals surface area (Å²) >= 11 is 13.5. The number of benzene rings is 2. The normalized spacial score (nSPS) is 10.9. The first-order valence-electron chi connectivity index (χ1n) is 8.78. The van der Waals surface area contributed by atoms with Gasteiger partial charge < -0.3 is 10.1 Å². The predicted octanol–water partition coefficient (Wildman–Crippen LogP) is 6.55. The molecule has 1 heterocycles. The lowest BCUT2D eigenvalue weighted by atomic mass is 10.0. The van der Waals surface area contributed by atoms with Crippen molar-refractivity contribution in [3.63, 3.8) is 0 Å². The van der Waals surface area contributed by atoms with Crippen LogP contribution in [0.4, 0.5) is 5.00 Å². The van der Waals surface area contributed by atoms with Crippen LogP contribution in [0, 0.1) is 0 Å². The minimum atomic E-state index is -0.485. The number of rotatable bonds is 6. The van der Waals surface area contributed by atoms with E-state index in [9.17, 15) is 9.59 Å². The summed E-state index contributed by atoms with van der Waals surface area (Å²) in [6.07, 6.45) is 2.86. The Kier molecular flexibility index (Phi) is 7.09. The van der Waals surface area contributed by atoms with Crippen LogP contribution in [0.15, 0.2) is 60.0 Å². The van der Waals surface area contributed by atoms with Crippen molar-refractivity contribution in [2.45, 2.75) is 6.92 Å². The molecule has 0 unspecified atom stereocenters. The fourth-order valence-electron chi connectivity index (χ4n) is 2.67. The molecule has 0 fully saturated rings. The van der Waals surface area contributed by atoms with Gasteiger partial charge in [-0.15, -0.1) is 11.3 Å². The van der Waals surface area contributed by atoms with Gasteiger partial charge in [-0.25, -0.2) is 4.79 Å². The molecular formula is C22H17Cl2NO3S. The van der Waals surface area contributed by atoms with Gasteiger partial charge in [-0.1, -0.05) is 59.6 Å². The zero-order chi connectivity index (χ0) is 20.8. The number of halogens is 2. The number of esters is 1. The highest BCUT2D eigenvalue weighted by Crippen LogP contribution is 2.36. The maximum Gasteiger partial charge on any atom is 0.341 e. The number of carbonyl (C=O) groups is 2. The van der Waals surface area contributed by atoms with Crippen LogP contribution in [-0.4, -0.2) is 18.5 Å². The highest BCUT2D eigenvalue weighted by atomic mass is 35.5. The van der Waals surface area contributed by atoms with Gasteiger partial charge in [0.15, 0.2) is 0 Å². The maximum atomic E-state index is 12.6. The van der Waals surface area contributed by atoms with Crippen molar-refractivity contribution in [1.82, 2.24) is 0 Å². The van der Waals surface area contributed by atoms with Crippen molar-refractivity contribution in [2.24, 2.45) is 0 Å². The summed E-state index contributed by atoms with van der Waals surface area (Å²) in [6.45, 7) is 1.97. The number of hydrogen-bond donors (Lipinski definition) is 1. The first kappa shape index (κ1) is 21.1. The van der Waals surface area contributed by atoms with Crippen LogP contribution in [0.5, 0.6) is 0 Å². The van der Waals surface area contributed by atoms with E-state index < -0.39 is 11.9 Å². The Morgan fingerprint density at radius 1 is 1.07 bits per heavy atom. The van der Waals surface area contributed by atoms with Crippen molar-refractivity contribution in [2.75, 3.05) is 11.9 Å². The number of amides is 1. The number of anilines is 1. The Hall–Kier alpha value is -2.60. The van der Waals surface area contributed by atoms with Gasteiger partial charge in [-0.05, 0) is 30.7 Å². The van der Waals surface area contributed by atoms with E-state index in [0.29, 0.717) is 31.7 Å². The van der Waals surface area contributed by atoms with Crippen molar-refractivity contribution >= 4 is 57.5 Å². The highest BCUT2D eigenvalue weighted by Gasteiger charge is 2.22. The molecule has 0 radical (unpaired) electrons. The molecule has 29 heavy (non-hydrogen) atoms.